The number of nitrogens with one attached hydrogen (secondary N) is 1. The van der Waals surface area contributed by atoms with E-state index in [0.717, 1.165) is 4.57 Å². The standard InChI is InChI=1S/C10H13N5O5/c11-9-13-7-6(8(18)14-9)12-3-15(7)10(19)1-4(17)5(2-16)20-10/h3-5,16-17,19H,1-2H2,(H3,11,13,14,18). The van der Waals surface area contributed by atoms with E-state index in [1.54, 1.807) is 0 Å². The van der Waals surface area contributed by atoms with Crippen LogP contribution in [-0.2, 0) is 10.6 Å². The van der Waals surface area contributed by atoms with Gasteiger partial charge in [-0.15, -0.1) is 0 Å². The van der Waals surface area contributed by atoms with Crippen molar-refractivity contribution in [1.29, 1.82) is 0 Å². The Bertz CT molecular complexity index is 712. The number of aromatic amines is 1. The van der Waals surface area contributed by atoms with Crippen molar-refractivity contribution in [3.63, 3.8) is 0 Å². The number of fused-ring (bicyclic) bond motifs is 1. The van der Waals surface area contributed by atoms with Gasteiger partial charge in [0.25, 0.3) is 11.5 Å². The number of hydrogen-bond donors (Lipinski definition) is 5. The lowest BCUT2D eigenvalue weighted by atomic mass is 10.2. The number of H-pyrrole nitrogens is 1. The average molecular weight is 283 g/mol. The number of aromatic nitrogens is 4. The molecule has 1 saturated heterocycles. The van der Waals surface area contributed by atoms with Crippen molar-refractivity contribution < 1.29 is 20.1 Å². The fourth-order valence-electron chi connectivity index (χ4n) is 2.27. The minimum atomic E-state index is -1.95. The van der Waals surface area contributed by atoms with Gasteiger partial charge >= 0.3 is 0 Å². The molecule has 10 heteroatoms. The summed E-state index contributed by atoms with van der Waals surface area (Å²) in [6.07, 6.45) is -1.02. The zero-order valence-electron chi connectivity index (χ0n) is 10.2. The highest BCUT2D eigenvalue weighted by atomic mass is 16.7. The normalized spacial score (nSPS) is 30.1. The molecule has 0 bridgehead atoms. The quantitative estimate of drug-likeness (QED) is 0.402. The molecule has 2 aromatic rings. The number of anilines is 1. The van der Waals surface area contributed by atoms with Gasteiger partial charge in [-0.1, -0.05) is 0 Å². The maximum atomic E-state index is 11.7. The van der Waals surface area contributed by atoms with Crippen molar-refractivity contribution in [2.24, 2.45) is 0 Å². The fourth-order valence-corrected chi connectivity index (χ4v) is 2.27. The smallest absolute Gasteiger partial charge is 0.280 e. The summed E-state index contributed by atoms with van der Waals surface area (Å²) in [5.74, 6) is -2.08. The minimum Gasteiger partial charge on any atom is -0.394 e. The maximum Gasteiger partial charge on any atom is 0.280 e. The van der Waals surface area contributed by atoms with Gasteiger partial charge in [0.2, 0.25) is 5.95 Å². The van der Waals surface area contributed by atoms with E-state index in [2.05, 4.69) is 15.0 Å². The Labute approximate surface area is 111 Å². The van der Waals surface area contributed by atoms with Gasteiger partial charge in [-0.2, -0.15) is 4.98 Å². The zero-order valence-corrected chi connectivity index (χ0v) is 10.2. The lowest BCUT2D eigenvalue weighted by Gasteiger charge is -2.23. The van der Waals surface area contributed by atoms with Crippen LogP contribution < -0.4 is 11.3 Å². The highest BCUT2D eigenvalue weighted by Gasteiger charge is 2.47. The summed E-state index contributed by atoms with van der Waals surface area (Å²) in [4.78, 5) is 21.7. The number of ether oxygens (including phenoxy) is 1. The van der Waals surface area contributed by atoms with Gasteiger partial charge in [-0.3, -0.25) is 14.3 Å². The molecule has 0 radical (unpaired) electrons. The van der Waals surface area contributed by atoms with E-state index in [1.807, 2.05) is 0 Å². The second-order valence-electron chi connectivity index (χ2n) is 4.59. The van der Waals surface area contributed by atoms with Gasteiger partial charge < -0.3 is 25.8 Å². The monoisotopic (exact) mass is 283 g/mol. The van der Waals surface area contributed by atoms with Crippen LogP contribution in [0, 0.1) is 0 Å². The Balaban J connectivity index is 2.14. The molecule has 1 aliphatic heterocycles. The lowest BCUT2D eigenvalue weighted by Crippen LogP contribution is -2.34. The van der Waals surface area contributed by atoms with Crippen molar-refractivity contribution in [2.75, 3.05) is 12.3 Å². The van der Waals surface area contributed by atoms with Crippen molar-refractivity contribution in [1.82, 2.24) is 19.5 Å². The molecule has 20 heavy (non-hydrogen) atoms. The molecule has 3 rings (SSSR count). The van der Waals surface area contributed by atoms with E-state index >= 15 is 0 Å². The summed E-state index contributed by atoms with van der Waals surface area (Å²) in [6, 6.07) is 0. The molecular weight excluding hydrogens is 270 g/mol. The van der Waals surface area contributed by atoms with Gasteiger partial charge in [0, 0.05) is 0 Å². The third-order valence-corrected chi connectivity index (χ3v) is 3.23. The van der Waals surface area contributed by atoms with Crippen LogP contribution in [-0.4, -0.2) is 53.7 Å². The number of aliphatic hydroxyl groups excluding tert-OH is 2. The highest BCUT2D eigenvalue weighted by Crippen LogP contribution is 2.34. The summed E-state index contributed by atoms with van der Waals surface area (Å²) in [7, 11) is 0. The number of rotatable bonds is 2. The molecule has 6 N–H and O–H groups in total. The van der Waals surface area contributed by atoms with Crippen LogP contribution in [0.3, 0.4) is 0 Å². The predicted octanol–water partition coefficient (Wildman–Crippen LogP) is -2.55. The Morgan fingerprint density at radius 2 is 2.40 bits per heavy atom. The van der Waals surface area contributed by atoms with Gasteiger partial charge in [-0.25, -0.2) is 4.98 Å². The first-order valence-electron chi connectivity index (χ1n) is 5.87. The predicted molar refractivity (Wildman–Crippen MR) is 65.3 cm³/mol. The van der Waals surface area contributed by atoms with Crippen molar-refractivity contribution >= 4 is 17.1 Å². The van der Waals surface area contributed by atoms with Crippen LogP contribution in [0.1, 0.15) is 6.42 Å². The number of hydrogen-bond acceptors (Lipinski definition) is 8. The number of nitrogen functional groups attached to an aromatic ring is 1. The second kappa shape index (κ2) is 4.24. The lowest BCUT2D eigenvalue weighted by molar-refractivity contribution is -0.254. The van der Waals surface area contributed by atoms with Gasteiger partial charge in [0.1, 0.15) is 12.4 Å². The summed E-state index contributed by atoms with van der Waals surface area (Å²) in [6.45, 7) is -0.452. The molecule has 0 aliphatic carbocycles. The van der Waals surface area contributed by atoms with Crippen molar-refractivity contribution in [2.45, 2.75) is 24.5 Å². The van der Waals surface area contributed by atoms with Crippen LogP contribution in [0.25, 0.3) is 11.2 Å². The Morgan fingerprint density at radius 3 is 3.05 bits per heavy atom. The number of imidazole rings is 1. The summed E-state index contributed by atoms with van der Waals surface area (Å²) in [5.41, 5.74) is 4.92. The summed E-state index contributed by atoms with van der Waals surface area (Å²) < 4.78 is 6.33. The second-order valence-corrected chi connectivity index (χ2v) is 4.59. The summed E-state index contributed by atoms with van der Waals surface area (Å²) >= 11 is 0. The van der Waals surface area contributed by atoms with E-state index in [9.17, 15) is 15.0 Å². The minimum absolute atomic E-state index is 0.0156. The number of aliphatic hydroxyl groups is 3. The zero-order chi connectivity index (χ0) is 14.5. The van der Waals surface area contributed by atoms with Crippen LogP contribution >= 0.6 is 0 Å². The number of nitrogens with zero attached hydrogens (tertiary/aromatic N) is 3. The van der Waals surface area contributed by atoms with Crippen LogP contribution in [0.4, 0.5) is 5.95 Å². The average Bonchev–Trinajstić information content (AvgIpc) is 2.91. The highest BCUT2D eigenvalue weighted by molar-refractivity contribution is 5.70. The molecule has 3 heterocycles. The molecule has 0 spiro atoms. The SMILES string of the molecule is Nc1nc2c(ncn2C2(O)CC(O)C(CO)O2)c(=O)[nH]1. The van der Waals surface area contributed by atoms with Crippen molar-refractivity contribution in [3.8, 4) is 0 Å². The molecule has 3 unspecified atom stereocenters. The molecule has 3 atom stereocenters. The topological polar surface area (TPSA) is 160 Å². The molecule has 2 aromatic heterocycles. The van der Waals surface area contributed by atoms with Crippen molar-refractivity contribution in [3.05, 3.63) is 16.7 Å². The van der Waals surface area contributed by atoms with Gasteiger partial charge in [-0.05, 0) is 0 Å². The summed E-state index contributed by atoms with van der Waals surface area (Å²) in [5, 5.41) is 29.2. The molecule has 0 aromatic carbocycles. The van der Waals surface area contributed by atoms with Crippen LogP contribution in [0.15, 0.2) is 11.1 Å². The van der Waals surface area contributed by atoms with E-state index < -0.39 is 30.3 Å². The third-order valence-electron chi connectivity index (χ3n) is 3.23. The first-order valence-corrected chi connectivity index (χ1v) is 5.87. The third kappa shape index (κ3) is 1.78. The van der Waals surface area contributed by atoms with Crippen LogP contribution in [0.5, 0.6) is 0 Å². The molecule has 1 fully saturated rings. The fraction of sp³-hybridized carbons (Fsp3) is 0.500. The number of nitrogens with two attached hydrogens (primary N) is 1. The molecule has 10 nitrogen and oxygen atoms in total. The Morgan fingerprint density at radius 1 is 1.65 bits per heavy atom. The van der Waals surface area contributed by atoms with E-state index in [0.29, 0.717) is 0 Å². The van der Waals surface area contributed by atoms with Crippen LogP contribution in [0.2, 0.25) is 0 Å². The molecule has 108 valence electrons. The maximum absolute atomic E-state index is 11.7. The first-order chi connectivity index (χ1) is 9.44. The largest absolute Gasteiger partial charge is 0.394 e. The Hall–Kier alpha value is -2.01. The molecule has 0 saturated carbocycles. The first kappa shape index (κ1) is 13.0. The van der Waals surface area contributed by atoms with E-state index in [-0.39, 0.29) is 23.5 Å². The van der Waals surface area contributed by atoms with Gasteiger partial charge in [0.15, 0.2) is 11.2 Å². The van der Waals surface area contributed by atoms with Gasteiger partial charge in [0.05, 0.1) is 19.1 Å². The molecule has 1 aliphatic rings. The molecule has 0 amide bonds. The van der Waals surface area contributed by atoms with E-state index in [1.165, 1.54) is 6.33 Å². The molecular formula is C10H13N5O5. The Kier molecular flexibility index (Phi) is 2.76. The van der Waals surface area contributed by atoms with E-state index in [4.69, 9.17) is 15.6 Å².